The molecule has 2 fully saturated rings. The monoisotopic (exact) mass is 304 g/mol. The van der Waals surface area contributed by atoms with Gasteiger partial charge in [-0.15, -0.1) is 0 Å². The van der Waals surface area contributed by atoms with E-state index < -0.39 is 5.97 Å². The fraction of sp³-hybridized carbons (Fsp3) is 0.647. The Balaban J connectivity index is 1.70. The molecule has 1 aromatic rings. The molecule has 5 nitrogen and oxygen atoms in total. The van der Waals surface area contributed by atoms with Crippen molar-refractivity contribution in [3.63, 3.8) is 0 Å². The molecule has 1 saturated carbocycles. The first-order valence-electron chi connectivity index (χ1n) is 8.23. The smallest absolute Gasteiger partial charge is 0.341 e. The first-order chi connectivity index (χ1) is 10.6. The molecule has 3 rings (SSSR count). The average molecular weight is 304 g/mol. The van der Waals surface area contributed by atoms with Crippen LogP contribution in [0.5, 0.6) is 0 Å². The van der Waals surface area contributed by atoms with Crippen LogP contribution in [0.1, 0.15) is 48.0 Å². The zero-order valence-corrected chi connectivity index (χ0v) is 13.1. The van der Waals surface area contributed by atoms with Crippen LogP contribution in [0.25, 0.3) is 0 Å². The van der Waals surface area contributed by atoms with Crippen molar-refractivity contribution in [3.8, 4) is 0 Å². The van der Waals surface area contributed by atoms with Crippen molar-refractivity contribution in [3.05, 3.63) is 33.7 Å². The number of aromatic carboxylic acids is 1. The number of hydrogen-bond donors (Lipinski definition) is 1. The summed E-state index contributed by atoms with van der Waals surface area (Å²) in [7, 11) is 0. The van der Waals surface area contributed by atoms with Crippen molar-refractivity contribution < 1.29 is 9.90 Å². The van der Waals surface area contributed by atoms with Gasteiger partial charge in [0.15, 0.2) is 0 Å². The third kappa shape index (κ3) is 2.95. The van der Waals surface area contributed by atoms with Crippen LogP contribution in [-0.2, 0) is 6.54 Å². The zero-order chi connectivity index (χ0) is 15.7. The molecule has 0 radical (unpaired) electrons. The molecule has 1 saturated heterocycles. The first-order valence-corrected chi connectivity index (χ1v) is 8.23. The molecule has 0 bridgehead atoms. The maximum atomic E-state index is 12.3. The van der Waals surface area contributed by atoms with Crippen LogP contribution in [0.2, 0.25) is 0 Å². The molecule has 0 spiro atoms. The molecular formula is C17H24N2O3. The predicted molar refractivity (Wildman–Crippen MR) is 84.3 cm³/mol. The third-order valence-corrected chi connectivity index (χ3v) is 5.20. The highest BCUT2D eigenvalue weighted by Crippen LogP contribution is 2.28. The number of carboxylic acid groups (broad SMARTS) is 1. The zero-order valence-electron chi connectivity index (χ0n) is 13.1. The summed E-state index contributed by atoms with van der Waals surface area (Å²) < 4.78 is 1.58. The van der Waals surface area contributed by atoms with Gasteiger partial charge in [-0.3, -0.25) is 4.79 Å². The summed E-state index contributed by atoms with van der Waals surface area (Å²) in [5.74, 6) is -0.682. The highest BCUT2D eigenvalue weighted by atomic mass is 16.4. The summed E-state index contributed by atoms with van der Waals surface area (Å²) in [4.78, 5) is 26.1. The predicted octanol–water partition coefficient (Wildman–Crippen LogP) is 2.12. The topological polar surface area (TPSA) is 62.5 Å². The van der Waals surface area contributed by atoms with Crippen LogP contribution in [-0.4, -0.2) is 39.7 Å². The maximum Gasteiger partial charge on any atom is 0.341 e. The van der Waals surface area contributed by atoms with E-state index in [1.807, 2.05) is 0 Å². The van der Waals surface area contributed by atoms with Gasteiger partial charge in [-0.1, -0.05) is 12.8 Å². The second-order valence-corrected chi connectivity index (χ2v) is 6.72. The highest BCUT2D eigenvalue weighted by molar-refractivity contribution is 5.88. The third-order valence-electron chi connectivity index (χ3n) is 5.20. The van der Waals surface area contributed by atoms with E-state index in [1.165, 1.54) is 25.7 Å². The van der Waals surface area contributed by atoms with Gasteiger partial charge in [0.25, 0.3) is 5.56 Å². The Labute approximate surface area is 130 Å². The number of carbonyl (C=O) groups is 1. The van der Waals surface area contributed by atoms with Crippen molar-refractivity contribution in [1.82, 2.24) is 9.47 Å². The lowest BCUT2D eigenvalue weighted by Crippen LogP contribution is -2.33. The fourth-order valence-corrected chi connectivity index (χ4v) is 3.96. The van der Waals surface area contributed by atoms with Crippen molar-refractivity contribution in [2.45, 2.75) is 51.6 Å². The Morgan fingerprint density at radius 2 is 2.05 bits per heavy atom. The van der Waals surface area contributed by atoms with E-state index in [2.05, 4.69) is 4.90 Å². The van der Waals surface area contributed by atoms with Crippen LogP contribution in [0, 0.1) is 12.8 Å². The number of rotatable bonds is 4. The second-order valence-electron chi connectivity index (χ2n) is 6.72. The van der Waals surface area contributed by atoms with E-state index in [1.54, 1.807) is 23.8 Å². The van der Waals surface area contributed by atoms with E-state index >= 15 is 0 Å². The number of likely N-dealkylation sites (tertiary alicyclic amines) is 1. The minimum absolute atomic E-state index is 0.0897. The molecule has 1 unspecified atom stereocenters. The lowest BCUT2D eigenvalue weighted by Gasteiger charge is -2.23. The Morgan fingerprint density at radius 1 is 1.32 bits per heavy atom. The van der Waals surface area contributed by atoms with E-state index in [0.29, 0.717) is 18.0 Å². The van der Waals surface area contributed by atoms with E-state index in [4.69, 9.17) is 0 Å². The van der Waals surface area contributed by atoms with Crippen LogP contribution in [0.3, 0.4) is 0 Å². The first kappa shape index (κ1) is 15.3. The molecule has 2 heterocycles. The number of hydrogen-bond acceptors (Lipinski definition) is 3. The number of pyridine rings is 1. The van der Waals surface area contributed by atoms with Crippen molar-refractivity contribution >= 4 is 5.97 Å². The minimum atomic E-state index is -1.13. The van der Waals surface area contributed by atoms with Gasteiger partial charge in [0.1, 0.15) is 5.56 Å². The molecule has 0 amide bonds. The summed E-state index contributed by atoms with van der Waals surface area (Å²) in [6.07, 6.45) is 8.12. The largest absolute Gasteiger partial charge is 0.477 e. The standard InChI is InChI=1S/C17H24N2O3/c1-12-6-8-19(16(20)15(12)17(21)22)11-13-7-9-18(10-13)14-4-2-3-5-14/h6,8,13-14H,2-5,7,9-11H2,1H3,(H,21,22). The normalized spacial score (nSPS) is 23.2. The Hall–Kier alpha value is -1.62. The van der Waals surface area contributed by atoms with Gasteiger partial charge in [0.05, 0.1) is 0 Å². The second kappa shape index (κ2) is 6.24. The molecule has 1 atom stereocenters. The van der Waals surface area contributed by atoms with Crippen molar-refractivity contribution in [2.75, 3.05) is 13.1 Å². The van der Waals surface area contributed by atoms with Crippen LogP contribution < -0.4 is 5.56 Å². The van der Waals surface area contributed by atoms with Gasteiger partial charge in [-0.2, -0.15) is 0 Å². The average Bonchev–Trinajstić information content (AvgIpc) is 3.12. The van der Waals surface area contributed by atoms with Crippen molar-refractivity contribution in [2.24, 2.45) is 5.92 Å². The van der Waals surface area contributed by atoms with Gasteiger partial charge < -0.3 is 14.6 Å². The molecule has 5 heteroatoms. The Morgan fingerprint density at radius 3 is 2.73 bits per heavy atom. The SMILES string of the molecule is Cc1ccn(CC2CCN(C3CCCC3)C2)c(=O)c1C(=O)O. The van der Waals surface area contributed by atoms with Crippen LogP contribution >= 0.6 is 0 Å². The molecule has 22 heavy (non-hydrogen) atoms. The number of carboxylic acids is 1. The fourth-order valence-electron chi connectivity index (χ4n) is 3.96. The van der Waals surface area contributed by atoms with E-state index in [0.717, 1.165) is 25.6 Å². The molecule has 0 aromatic carbocycles. The van der Waals surface area contributed by atoms with Crippen LogP contribution in [0.4, 0.5) is 0 Å². The van der Waals surface area contributed by atoms with Crippen LogP contribution in [0.15, 0.2) is 17.1 Å². The Bertz CT molecular complexity index is 617. The van der Waals surface area contributed by atoms with Gasteiger partial charge in [0, 0.05) is 25.3 Å². The lowest BCUT2D eigenvalue weighted by molar-refractivity contribution is 0.0693. The van der Waals surface area contributed by atoms with E-state index in [-0.39, 0.29) is 11.1 Å². The molecule has 2 aliphatic rings. The Kier molecular flexibility index (Phi) is 4.34. The summed E-state index contributed by atoms with van der Waals surface area (Å²) >= 11 is 0. The van der Waals surface area contributed by atoms with Gasteiger partial charge >= 0.3 is 5.97 Å². The minimum Gasteiger partial charge on any atom is -0.477 e. The number of aromatic nitrogens is 1. The molecule has 1 aliphatic carbocycles. The highest BCUT2D eigenvalue weighted by Gasteiger charge is 2.30. The maximum absolute atomic E-state index is 12.3. The van der Waals surface area contributed by atoms with E-state index in [9.17, 15) is 14.7 Å². The molecule has 1 N–H and O–H groups in total. The molecule has 1 aliphatic heterocycles. The molecule has 1 aromatic heterocycles. The summed E-state index contributed by atoms with van der Waals surface area (Å²) in [6.45, 7) is 4.45. The molecule has 120 valence electrons. The molecular weight excluding hydrogens is 280 g/mol. The summed E-state index contributed by atoms with van der Waals surface area (Å²) in [6, 6.07) is 2.46. The van der Waals surface area contributed by atoms with Gasteiger partial charge in [0.2, 0.25) is 0 Å². The number of nitrogens with zero attached hydrogens (tertiary/aromatic N) is 2. The van der Waals surface area contributed by atoms with Crippen molar-refractivity contribution in [1.29, 1.82) is 0 Å². The quantitative estimate of drug-likeness (QED) is 0.925. The number of aryl methyl sites for hydroxylation is 1. The lowest BCUT2D eigenvalue weighted by atomic mass is 10.1. The van der Waals surface area contributed by atoms with Gasteiger partial charge in [-0.25, -0.2) is 4.79 Å². The summed E-state index contributed by atoms with van der Waals surface area (Å²) in [5, 5.41) is 9.20. The summed E-state index contributed by atoms with van der Waals surface area (Å²) in [5.41, 5.74) is 0.0766. The van der Waals surface area contributed by atoms with Gasteiger partial charge in [-0.05, 0) is 50.3 Å².